The summed E-state index contributed by atoms with van der Waals surface area (Å²) in [6.07, 6.45) is 1.80. The Bertz CT molecular complexity index is 564. The highest BCUT2D eigenvalue weighted by atomic mass is 19.1. The van der Waals surface area contributed by atoms with E-state index in [1.807, 2.05) is 6.07 Å². The van der Waals surface area contributed by atoms with Gasteiger partial charge in [0.1, 0.15) is 17.4 Å². The lowest BCUT2D eigenvalue weighted by Gasteiger charge is -2.15. The number of carbonyl (C=O) groups excluding carboxylic acids is 1. The second-order valence-corrected chi connectivity index (χ2v) is 4.58. The van der Waals surface area contributed by atoms with Gasteiger partial charge in [-0.1, -0.05) is 0 Å². The van der Waals surface area contributed by atoms with Crippen molar-refractivity contribution in [2.75, 3.05) is 14.2 Å². The highest BCUT2D eigenvalue weighted by Crippen LogP contribution is 2.35. The molecule has 0 aliphatic heterocycles. The zero-order valence-corrected chi connectivity index (χ0v) is 11.3. The molecule has 1 amide bonds. The number of benzene rings is 1. The zero-order valence-electron chi connectivity index (χ0n) is 11.3. The lowest BCUT2D eigenvalue weighted by Crippen LogP contribution is -2.36. The second-order valence-electron chi connectivity index (χ2n) is 4.58. The van der Waals surface area contributed by atoms with Crippen LogP contribution in [0.2, 0.25) is 0 Å². The van der Waals surface area contributed by atoms with E-state index in [-0.39, 0.29) is 23.0 Å². The first kappa shape index (κ1) is 14.1. The molecule has 0 heterocycles. The molecule has 0 saturated heterocycles. The van der Waals surface area contributed by atoms with Gasteiger partial charge in [-0.25, -0.2) is 4.39 Å². The van der Waals surface area contributed by atoms with Crippen LogP contribution in [0.15, 0.2) is 12.1 Å². The normalized spacial score (nSPS) is 15.1. The molecule has 2 rings (SSSR count). The summed E-state index contributed by atoms with van der Waals surface area (Å²) in [7, 11) is 2.73. The van der Waals surface area contributed by atoms with E-state index in [2.05, 4.69) is 5.32 Å². The van der Waals surface area contributed by atoms with E-state index in [0.29, 0.717) is 0 Å². The average molecular weight is 278 g/mol. The molecule has 0 spiro atoms. The maximum Gasteiger partial charge on any atom is 0.259 e. The number of carbonyl (C=O) groups is 1. The van der Waals surface area contributed by atoms with E-state index in [0.717, 1.165) is 18.9 Å². The number of halogens is 1. The Labute approximate surface area is 116 Å². The van der Waals surface area contributed by atoms with Crippen LogP contribution in [0, 0.1) is 23.1 Å². The molecule has 20 heavy (non-hydrogen) atoms. The summed E-state index contributed by atoms with van der Waals surface area (Å²) in [5.74, 6) is -0.940. The number of methoxy groups -OCH3 is 2. The molecule has 1 N–H and O–H groups in total. The van der Waals surface area contributed by atoms with Crippen molar-refractivity contribution in [2.24, 2.45) is 5.92 Å². The smallest absolute Gasteiger partial charge is 0.259 e. The SMILES string of the molecule is COc1ccc(F)c(C(=O)NC(C#N)C2CC2)c1OC. The predicted molar refractivity (Wildman–Crippen MR) is 69.1 cm³/mol. The third-order valence-electron chi connectivity index (χ3n) is 3.24. The Balaban J connectivity index is 2.31. The minimum Gasteiger partial charge on any atom is -0.493 e. The predicted octanol–water partition coefficient (Wildman–Crippen LogP) is 1.87. The highest BCUT2D eigenvalue weighted by molar-refractivity contribution is 5.98. The molecule has 0 radical (unpaired) electrons. The molecule has 1 aromatic rings. The lowest BCUT2D eigenvalue weighted by molar-refractivity contribution is 0.0933. The summed E-state index contributed by atoms with van der Waals surface area (Å²) in [4.78, 5) is 12.2. The van der Waals surface area contributed by atoms with Crippen LogP contribution < -0.4 is 14.8 Å². The van der Waals surface area contributed by atoms with Gasteiger partial charge in [-0.15, -0.1) is 0 Å². The van der Waals surface area contributed by atoms with Crippen molar-refractivity contribution in [2.45, 2.75) is 18.9 Å². The van der Waals surface area contributed by atoms with Gasteiger partial charge >= 0.3 is 0 Å². The quantitative estimate of drug-likeness (QED) is 0.892. The molecule has 1 atom stereocenters. The molecule has 0 bridgehead atoms. The molecule has 1 aliphatic carbocycles. The van der Waals surface area contributed by atoms with Gasteiger partial charge in [0, 0.05) is 0 Å². The molecule has 0 aromatic heterocycles. The molecular weight excluding hydrogens is 263 g/mol. The molecule has 106 valence electrons. The van der Waals surface area contributed by atoms with Crippen LogP contribution in [-0.4, -0.2) is 26.2 Å². The van der Waals surface area contributed by atoms with Crippen LogP contribution in [-0.2, 0) is 0 Å². The monoisotopic (exact) mass is 278 g/mol. The minimum absolute atomic E-state index is 0.0255. The van der Waals surface area contributed by atoms with Crippen LogP contribution in [0.1, 0.15) is 23.2 Å². The van der Waals surface area contributed by atoms with E-state index in [9.17, 15) is 9.18 Å². The summed E-state index contributed by atoms with van der Waals surface area (Å²) < 4.78 is 24.0. The number of nitriles is 1. The number of hydrogen-bond acceptors (Lipinski definition) is 4. The molecular formula is C14H15FN2O3. The molecule has 6 heteroatoms. The van der Waals surface area contributed by atoms with Gasteiger partial charge < -0.3 is 14.8 Å². The van der Waals surface area contributed by atoms with Gasteiger partial charge in [0.15, 0.2) is 11.5 Å². The topological polar surface area (TPSA) is 71.3 Å². The molecule has 1 saturated carbocycles. The van der Waals surface area contributed by atoms with Crippen molar-refractivity contribution in [1.82, 2.24) is 5.32 Å². The fraction of sp³-hybridized carbons (Fsp3) is 0.429. The van der Waals surface area contributed by atoms with Gasteiger partial charge in [-0.3, -0.25) is 4.79 Å². The van der Waals surface area contributed by atoms with Crippen LogP contribution in [0.25, 0.3) is 0 Å². The van der Waals surface area contributed by atoms with Crippen molar-refractivity contribution in [3.05, 3.63) is 23.5 Å². The van der Waals surface area contributed by atoms with E-state index in [1.54, 1.807) is 0 Å². The number of nitrogens with one attached hydrogen (secondary N) is 1. The standard InChI is InChI=1S/C14H15FN2O3/c1-19-11-6-5-9(15)12(13(11)20-2)14(18)17-10(7-16)8-3-4-8/h5-6,8,10H,3-4H2,1-2H3,(H,17,18). The second kappa shape index (κ2) is 5.78. The summed E-state index contributed by atoms with van der Waals surface area (Å²) in [6, 6.07) is 3.94. The molecule has 1 fully saturated rings. The first-order valence-electron chi connectivity index (χ1n) is 6.23. The zero-order chi connectivity index (χ0) is 14.7. The Hall–Kier alpha value is -2.29. The van der Waals surface area contributed by atoms with Crippen LogP contribution >= 0.6 is 0 Å². The molecule has 1 aliphatic rings. The summed E-state index contributed by atoms with van der Waals surface area (Å²) >= 11 is 0. The van der Waals surface area contributed by atoms with E-state index < -0.39 is 17.8 Å². The van der Waals surface area contributed by atoms with E-state index >= 15 is 0 Å². The largest absolute Gasteiger partial charge is 0.493 e. The number of amides is 1. The fourth-order valence-corrected chi connectivity index (χ4v) is 2.01. The summed E-state index contributed by atoms with van der Waals surface area (Å²) in [5, 5.41) is 11.6. The number of ether oxygens (including phenoxy) is 2. The first-order valence-corrected chi connectivity index (χ1v) is 6.23. The fourth-order valence-electron chi connectivity index (χ4n) is 2.01. The van der Waals surface area contributed by atoms with Crippen LogP contribution in [0.3, 0.4) is 0 Å². The van der Waals surface area contributed by atoms with E-state index in [4.69, 9.17) is 14.7 Å². The highest BCUT2D eigenvalue weighted by Gasteiger charge is 2.34. The first-order chi connectivity index (χ1) is 9.62. The lowest BCUT2D eigenvalue weighted by atomic mass is 10.1. The van der Waals surface area contributed by atoms with Gasteiger partial charge in [0.25, 0.3) is 5.91 Å². The maximum atomic E-state index is 13.9. The Morgan fingerprint density at radius 3 is 2.65 bits per heavy atom. The third-order valence-corrected chi connectivity index (χ3v) is 3.24. The number of rotatable bonds is 5. The van der Waals surface area contributed by atoms with Crippen molar-refractivity contribution in [3.8, 4) is 17.6 Å². The maximum absolute atomic E-state index is 13.9. The van der Waals surface area contributed by atoms with Crippen molar-refractivity contribution in [3.63, 3.8) is 0 Å². The van der Waals surface area contributed by atoms with Crippen LogP contribution in [0.5, 0.6) is 11.5 Å². The average Bonchev–Trinajstić information content (AvgIpc) is 3.28. The van der Waals surface area contributed by atoms with Gasteiger partial charge in [0.2, 0.25) is 0 Å². The van der Waals surface area contributed by atoms with Gasteiger partial charge in [-0.05, 0) is 30.9 Å². The molecule has 5 nitrogen and oxygen atoms in total. The van der Waals surface area contributed by atoms with Crippen molar-refractivity contribution < 1.29 is 18.7 Å². The summed E-state index contributed by atoms with van der Waals surface area (Å²) in [5.41, 5.74) is -0.243. The molecule has 1 aromatic carbocycles. The summed E-state index contributed by atoms with van der Waals surface area (Å²) in [6.45, 7) is 0. The van der Waals surface area contributed by atoms with Gasteiger partial charge in [-0.2, -0.15) is 5.26 Å². The third kappa shape index (κ3) is 2.67. The van der Waals surface area contributed by atoms with Gasteiger partial charge in [0.05, 0.1) is 20.3 Å². The van der Waals surface area contributed by atoms with Crippen LogP contribution in [0.4, 0.5) is 4.39 Å². The van der Waals surface area contributed by atoms with Crippen molar-refractivity contribution >= 4 is 5.91 Å². The molecule has 1 unspecified atom stereocenters. The minimum atomic E-state index is -0.715. The van der Waals surface area contributed by atoms with Crippen molar-refractivity contribution in [1.29, 1.82) is 5.26 Å². The Morgan fingerprint density at radius 1 is 1.45 bits per heavy atom. The number of nitrogens with zero attached hydrogens (tertiary/aromatic N) is 1. The number of hydrogen-bond donors (Lipinski definition) is 1. The Morgan fingerprint density at radius 2 is 2.15 bits per heavy atom. The Kier molecular flexibility index (Phi) is 4.08. The van der Waals surface area contributed by atoms with E-state index in [1.165, 1.54) is 20.3 Å².